The van der Waals surface area contributed by atoms with Crippen molar-refractivity contribution in [2.24, 2.45) is 0 Å². The van der Waals surface area contributed by atoms with Gasteiger partial charge in [0.05, 0.1) is 18.5 Å². The maximum atomic E-state index is 12.2. The van der Waals surface area contributed by atoms with Crippen LogP contribution in [0.1, 0.15) is 48.2 Å². The van der Waals surface area contributed by atoms with Gasteiger partial charge in [-0.2, -0.15) is 0 Å². The van der Waals surface area contributed by atoms with Gasteiger partial charge in [-0.3, -0.25) is 9.78 Å². The molecule has 0 aliphatic heterocycles. The Morgan fingerprint density at radius 2 is 2.05 bits per heavy atom. The third kappa shape index (κ3) is 5.43. The molecule has 2 rings (SSSR count). The van der Waals surface area contributed by atoms with Gasteiger partial charge in [0, 0.05) is 17.8 Å². The number of hydrogen-bond acceptors (Lipinski definition) is 4. The van der Waals surface area contributed by atoms with Gasteiger partial charge in [-0.05, 0) is 25.0 Å². The van der Waals surface area contributed by atoms with E-state index in [1.165, 1.54) is 12.6 Å². The zero-order valence-electron chi connectivity index (χ0n) is 12.1. The van der Waals surface area contributed by atoms with E-state index in [0.29, 0.717) is 11.3 Å². The predicted octanol–water partition coefficient (Wildman–Crippen LogP) is 1.19. The van der Waals surface area contributed by atoms with E-state index in [1.807, 2.05) is 0 Å². The van der Waals surface area contributed by atoms with Crippen LogP contribution in [0.25, 0.3) is 0 Å². The molecule has 1 fully saturated rings. The van der Waals surface area contributed by atoms with Crippen LogP contribution in [0.3, 0.4) is 0 Å². The molecule has 1 amide bonds. The molecule has 0 atom stereocenters. The monoisotopic (exact) mass is 311 g/mol. The molecule has 6 nitrogen and oxygen atoms in total. The zero-order chi connectivity index (χ0) is 15.3. The Labute approximate surface area is 125 Å². The van der Waals surface area contributed by atoms with Crippen molar-refractivity contribution in [2.75, 3.05) is 6.26 Å². The number of amides is 1. The van der Waals surface area contributed by atoms with E-state index in [1.54, 1.807) is 12.1 Å². The van der Waals surface area contributed by atoms with Crippen molar-refractivity contribution in [3.63, 3.8) is 0 Å². The Balaban J connectivity index is 1.97. The van der Waals surface area contributed by atoms with E-state index < -0.39 is 10.0 Å². The first-order valence-electron chi connectivity index (χ1n) is 7.14. The molecule has 1 aliphatic carbocycles. The molecule has 2 N–H and O–H groups in total. The van der Waals surface area contributed by atoms with Crippen molar-refractivity contribution in [3.8, 4) is 0 Å². The molecule has 0 spiro atoms. The predicted molar refractivity (Wildman–Crippen MR) is 80.3 cm³/mol. The first kappa shape index (κ1) is 15.9. The molecule has 21 heavy (non-hydrogen) atoms. The van der Waals surface area contributed by atoms with Crippen LogP contribution in [0, 0.1) is 0 Å². The molecular weight excluding hydrogens is 290 g/mol. The summed E-state index contributed by atoms with van der Waals surface area (Å²) in [5.74, 6) is -0.120. The van der Waals surface area contributed by atoms with E-state index >= 15 is 0 Å². The molecule has 116 valence electrons. The molecule has 1 aromatic heterocycles. The number of aromatic nitrogens is 1. The smallest absolute Gasteiger partial charge is 0.251 e. The lowest BCUT2D eigenvalue weighted by molar-refractivity contribution is 0.0927. The number of carbonyl (C=O) groups excluding carboxylic acids is 1. The Morgan fingerprint density at radius 3 is 2.71 bits per heavy atom. The molecule has 1 aliphatic rings. The van der Waals surface area contributed by atoms with Crippen molar-refractivity contribution < 1.29 is 13.2 Å². The van der Waals surface area contributed by atoms with E-state index in [-0.39, 0.29) is 18.5 Å². The molecule has 0 aromatic carbocycles. The quantitative estimate of drug-likeness (QED) is 0.855. The number of carbonyl (C=O) groups is 1. The van der Waals surface area contributed by atoms with Gasteiger partial charge in [0.1, 0.15) is 0 Å². The second kappa shape index (κ2) is 7.00. The lowest BCUT2D eigenvalue weighted by atomic mass is 9.95. The normalized spacial score (nSPS) is 16.6. The van der Waals surface area contributed by atoms with Gasteiger partial charge in [0.2, 0.25) is 10.0 Å². The number of hydrogen-bond donors (Lipinski definition) is 2. The van der Waals surface area contributed by atoms with Crippen molar-refractivity contribution in [1.82, 2.24) is 15.0 Å². The van der Waals surface area contributed by atoms with Gasteiger partial charge >= 0.3 is 0 Å². The van der Waals surface area contributed by atoms with Crippen molar-refractivity contribution in [3.05, 3.63) is 29.6 Å². The van der Waals surface area contributed by atoms with Crippen molar-refractivity contribution in [1.29, 1.82) is 0 Å². The van der Waals surface area contributed by atoms with E-state index in [4.69, 9.17) is 0 Å². The van der Waals surface area contributed by atoms with E-state index in [0.717, 1.165) is 31.9 Å². The third-order valence-electron chi connectivity index (χ3n) is 3.53. The van der Waals surface area contributed by atoms with Gasteiger partial charge in [-0.25, -0.2) is 13.1 Å². The fraction of sp³-hybridized carbons (Fsp3) is 0.571. The van der Waals surface area contributed by atoms with Gasteiger partial charge in [0.25, 0.3) is 5.91 Å². The van der Waals surface area contributed by atoms with Crippen LogP contribution in [0.5, 0.6) is 0 Å². The summed E-state index contributed by atoms with van der Waals surface area (Å²) in [6, 6.07) is 3.51. The Kier molecular flexibility index (Phi) is 5.30. The van der Waals surface area contributed by atoms with Crippen LogP contribution in [0.2, 0.25) is 0 Å². The lowest BCUT2D eigenvalue weighted by Gasteiger charge is -2.22. The largest absolute Gasteiger partial charge is 0.349 e. The Bertz CT molecular complexity index is 595. The van der Waals surface area contributed by atoms with Crippen LogP contribution in [-0.2, 0) is 16.6 Å². The number of nitrogens with zero attached hydrogens (tertiary/aromatic N) is 1. The summed E-state index contributed by atoms with van der Waals surface area (Å²) in [4.78, 5) is 16.3. The van der Waals surface area contributed by atoms with Crippen LogP contribution < -0.4 is 10.0 Å². The first-order chi connectivity index (χ1) is 9.94. The van der Waals surface area contributed by atoms with E-state index in [9.17, 15) is 13.2 Å². The molecular formula is C14H21N3O3S. The molecule has 0 unspecified atom stereocenters. The standard InChI is InChI=1S/C14H21N3O3S/c1-21(19,20)16-10-13-9-11(7-8-15-13)14(18)17-12-5-3-2-4-6-12/h7-9,12,16H,2-6,10H2,1H3,(H,17,18). The topological polar surface area (TPSA) is 88.2 Å². The second-order valence-corrected chi connectivity index (χ2v) is 7.27. The first-order valence-corrected chi connectivity index (χ1v) is 9.03. The molecule has 0 saturated heterocycles. The highest BCUT2D eigenvalue weighted by Crippen LogP contribution is 2.17. The SMILES string of the molecule is CS(=O)(=O)NCc1cc(C(=O)NC2CCCCC2)ccn1. The van der Waals surface area contributed by atoms with Crippen LogP contribution in [0.4, 0.5) is 0 Å². The fourth-order valence-corrected chi connectivity index (χ4v) is 2.85. The second-order valence-electron chi connectivity index (χ2n) is 5.44. The van der Waals surface area contributed by atoms with Gasteiger partial charge in [-0.1, -0.05) is 19.3 Å². The molecule has 1 heterocycles. The minimum absolute atomic E-state index is 0.0867. The minimum atomic E-state index is -3.27. The lowest BCUT2D eigenvalue weighted by Crippen LogP contribution is -2.36. The highest BCUT2D eigenvalue weighted by atomic mass is 32.2. The van der Waals surface area contributed by atoms with Gasteiger partial charge < -0.3 is 5.32 Å². The Morgan fingerprint density at radius 1 is 1.33 bits per heavy atom. The highest BCUT2D eigenvalue weighted by Gasteiger charge is 2.17. The third-order valence-corrected chi connectivity index (χ3v) is 4.20. The number of rotatable bonds is 5. The average Bonchev–Trinajstić information content (AvgIpc) is 2.46. The number of pyridine rings is 1. The van der Waals surface area contributed by atoms with Crippen LogP contribution in [-0.4, -0.2) is 31.6 Å². The van der Waals surface area contributed by atoms with E-state index in [2.05, 4.69) is 15.0 Å². The average molecular weight is 311 g/mol. The van der Waals surface area contributed by atoms with Crippen molar-refractivity contribution >= 4 is 15.9 Å². The zero-order valence-corrected chi connectivity index (χ0v) is 12.9. The van der Waals surface area contributed by atoms with Gasteiger partial charge in [-0.15, -0.1) is 0 Å². The number of sulfonamides is 1. The van der Waals surface area contributed by atoms with Crippen LogP contribution in [0.15, 0.2) is 18.3 Å². The summed E-state index contributed by atoms with van der Waals surface area (Å²) in [6.07, 6.45) is 8.22. The summed E-state index contributed by atoms with van der Waals surface area (Å²) < 4.78 is 24.5. The highest BCUT2D eigenvalue weighted by molar-refractivity contribution is 7.88. The van der Waals surface area contributed by atoms with Gasteiger partial charge in [0.15, 0.2) is 0 Å². The summed E-state index contributed by atoms with van der Waals surface area (Å²) in [5, 5.41) is 3.03. The maximum absolute atomic E-state index is 12.2. The fourth-order valence-electron chi connectivity index (χ4n) is 2.44. The molecule has 1 aromatic rings. The summed E-state index contributed by atoms with van der Waals surface area (Å²) >= 11 is 0. The van der Waals surface area contributed by atoms with Crippen molar-refractivity contribution in [2.45, 2.75) is 44.7 Å². The summed E-state index contributed by atoms with van der Waals surface area (Å²) in [6.45, 7) is 0.0867. The minimum Gasteiger partial charge on any atom is -0.349 e. The molecule has 7 heteroatoms. The summed E-state index contributed by atoms with van der Waals surface area (Å²) in [5.41, 5.74) is 1.04. The summed E-state index contributed by atoms with van der Waals surface area (Å²) in [7, 11) is -3.27. The number of nitrogens with one attached hydrogen (secondary N) is 2. The van der Waals surface area contributed by atoms with Crippen LogP contribution >= 0.6 is 0 Å². The maximum Gasteiger partial charge on any atom is 0.251 e. The molecule has 1 saturated carbocycles. The molecule has 0 bridgehead atoms. The molecule has 0 radical (unpaired) electrons. The Hall–Kier alpha value is -1.47.